The number of carbonyl (C=O) groups is 1. The molecule has 0 radical (unpaired) electrons. The van der Waals surface area contributed by atoms with E-state index in [1.165, 1.54) is 5.56 Å². The molecule has 2 fully saturated rings. The molecule has 1 N–H and O–H groups in total. The van der Waals surface area contributed by atoms with Gasteiger partial charge in [0.1, 0.15) is 0 Å². The van der Waals surface area contributed by atoms with Gasteiger partial charge in [-0.3, -0.25) is 0 Å². The van der Waals surface area contributed by atoms with E-state index in [-0.39, 0.29) is 6.03 Å². The molecule has 0 aromatic carbocycles. The lowest BCUT2D eigenvalue weighted by Crippen LogP contribution is -2.45. The summed E-state index contributed by atoms with van der Waals surface area (Å²) < 4.78 is 0. The van der Waals surface area contributed by atoms with Crippen LogP contribution < -0.4 is 5.32 Å². The van der Waals surface area contributed by atoms with Gasteiger partial charge >= 0.3 is 6.03 Å². The molecule has 3 rings (SSSR count). The Bertz CT molecular complexity index is 400. The Balaban J connectivity index is 1.61. The van der Waals surface area contributed by atoms with Crippen LogP contribution in [0, 0.1) is 0 Å². The van der Waals surface area contributed by atoms with Crippen LogP contribution in [0.5, 0.6) is 0 Å². The van der Waals surface area contributed by atoms with E-state index >= 15 is 0 Å². The van der Waals surface area contributed by atoms with Crippen molar-refractivity contribution in [3.8, 4) is 0 Å². The highest BCUT2D eigenvalue weighted by molar-refractivity contribution is 7.07. The first kappa shape index (κ1) is 12.0. The summed E-state index contributed by atoms with van der Waals surface area (Å²) in [6, 6.07) is 2.78. The third-order valence-corrected chi connectivity index (χ3v) is 4.56. The van der Waals surface area contributed by atoms with E-state index in [0.29, 0.717) is 6.04 Å². The van der Waals surface area contributed by atoms with Crippen LogP contribution >= 0.6 is 11.3 Å². The van der Waals surface area contributed by atoms with Gasteiger partial charge < -0.3 is 15.1 Å². The van der Waals surface area contributed by atoms with Crippen molar-refractivity contribution in [3.63, 3.8) is 0 Å². The number of nitrogens with zero attached hydrogens (tertiary/aromatic N) is 2. The van der Waals surface area contributed by atoms with E-state index in [4.69, 9.17) is 0 Å². The molecule has 0 spiro atoms. The summed E-state index contributed by atoms with van der Waals surface area (Å²) in [5.74, 6) is 0. The zero-order chi connectivity index (χ0) is 12.4. The number of rotatable bonds is 3. The fourth-order valence-corrected chi connectivity index (χ4v) is 3.47. The normalized spacial score (nSPS) is 21.9. The first-order valence-corrected chi connectivity index (χ1v) is 7.56. The summed E-state index contributed by atoms with van der Waals surface area (Å²) in [7, 11) is 0. The van der Waals surface area contributed by atoms with Gasteiger partial charge in [0, 0.05) is 25.7 Å². The fraction of sp³-hybridized carbons (Fsp3) is 0.615. The van der Waals surface area contributed by atoms with E-state index in [1.807, 2.05) is 4.90 Å². The standard InChI is InChI=1S/C13H19N3OS/c17-13-15(9-11-3-8-18-10-11)6-7-16(13)12-1-4-14-5-2-12/h3,8,10,12,14H,1-2,4-7,9H2. The number of nitrogens with one attached hydrogen (secondary N) is 1. The predicted octanol–water partition coefficient (Wildman–Crippen LogP) is 1.74. The second-order valence-electron chi connectivity index (χ2n) is 5.01. The second-order valence-corrected chi connectivity index (χ2v) is 5.79. The molecule has 1 aromatic rings. The van der Waals surface area contributed by atoms with Crippen LogP contribution in [0.3, 0.4) is 0 Å². The van der Waals surface area contributed by atoms with Crippen LogP contribution in [0.4, 0.5) is 4.79 Å². The Labute approximate surface area is 112 Å². The number of piperidine rings is 1. The summed E-state index contributed by atoms with van der Waals surface area (Å²) in [4.78, 5) is 16.4. The van der Waals surface area contributed by atoms with Crippen LogP contribution in [0.25, 0.3) is 0 Å². The molecule has 0 unspecified atom stereocenters. The molecule has 2 aliphatic heterocycles. The van der Waals surface area contributed by atoms with Crippen molar-refractivity contribution >= 4 is 17.4 Å². The maximum atomic E-state index is 12.4. The van der Waals surface area contributed by atoms with Crippen molar-refractivity contribution < 1.29 is 4.79 Å². The molecule has 0 atom stereocenters. The summed E-state index contributed by atoms with van der Waals surface area (Å²) in [6.07, 6.45) is 2.19. The molecule has 98 valence electrons. The van der Waals surface area contributed by atoms with Crippen LogP contribution in [0.15, 0.2) is 16.8 Å². The van der Waals surface area contributed by atoms with Crippen LogP contribution in [-0.4, -0.2) is 48.1 Å². The molecule has 1 aromatic heterocycles. The van der Waals surface area contributed by atoms with Gasteiger partial charge in [-0.25, -0.2) is 4.79 Å². The minimum Gasteiger partial charge on any atom is -0.320 e. The van der Waals surface area contributed by atoms with Crippen molar-refractivity contribution in [1.82, 2.24) is 15.1 Å². The van der Waals surface area contributed by atoms with Crippen molar-refractivity contribution in [3.05, 3.63) is 22.4 Å². The summed E-state index contributed by atoms with van der Waals surface area (Å²) in [5.41, 5.74) is 1.25. The van der Waals surface area contributed by atoms with E-state index in [0.717, 1.165) is 45.6 Å². The third-order valence-electron chi connectivity index (χ3n) is 3.83. The lowest BCUT2D eigenvalue weighted by atomic mass is 10.1. The largest absolute Gasteiger partial charge is 0.320 e. The molecule has 5 heteroatoms. The lowest BCUT2D eigenvalue weighted by Gasteiger charge is -2.31. The van der Waals surface area contributed by atoms with Gasteiger partial charge in [-0.2, -0.15) is 11.3 Å². The van der Waals surface area contributed by atoms with Crippen LogP contribution in [0.1, 0.15) is 18.4 Å². The molecular formula is C13H19N3OS. The maximum Gasteiger partial charge on any atom is 0.320 e. The highest BCUT2D eigenvalue weighted by Crippen LogP contribution is 2.20. The van der Waals surface area contributed by atoms with Gasteiger partial charge in [0.25, 0.3) is 0 Å². The molecule has 3 heterocycles. The monoisotopic (exact) mass is 265 g/mol. The summed E-state index contributed by atoms with van der Waals surface area (Å²) >= 11 is 1.69. The van der Waals surface area contributed by atoms with E-state index in [9.17, 15) is 4.79 Å². The van der Waals surface area contributed by atoms with Gasteiger partial charge in [-0.15, -0.1) is 0 Å². The Kier molecular flexibility index (Phi) is 3.52. The van der Waals surface area contributed by atoms with Crippen molar-refractivity contribution in [1.29, 1.82) is 0 Å². The van der Waals surface area contributed by atoms with Crippen molar-refractivity contribution in [2.24, 2.45) is 0 Å². The fourth-order valence-electron chi connectivity index (χ4n) is 2.81. The van der Waals surface area contributed by atoms with Crippen molar-refractivity contribution in [2.45, 2.75) is 25.4 Å². The number of hydrogen-bond donors (Lipinski definition) is 1. The van der Waals surface area contributed by atoms with Gasteiger partial charge in [0.05, 0.1) is 0 Å². The Hall–Kier alpha value is -1.07. The zero-order valence-corrected chi connectivity index (χ0v) is 11.3. The molecule has 2 saturated heterocycles. The van der Waals surface area contributed by atoms with Crippen LogP contribution in [0.2, 0.25) is 0 Å². The molecule has 0 aliphatic carbocycles. The number of thiophene rings is 1. The number of urea groups is 1. The SMILES string of the molecule is O=C1N(Cc2ccsc2)CCN1C1CCNCC1. The minimum atomic E-state index is 0.230. The third kappa shape index (κ3) is 2.37. The average Bonchev–Trinajstić information content (AvgIpc) is 3.03. The van der Waals surface area contributed by atoms with Gasteiger partial charge in [0.2, 0.25) is 0 Å². The molecule has 4 nitrogen and oxygen atoms in total. The maximum absolute atomic E-state index is 12.4. The van der Waals surface area contributed by atoms with E-state index < -0.39 is 0 Å². The zero-order valence-electron chi connectivity index (χ0n) is 10.5. The number of amides is 2. The molecule has 0 saturated carbocycles. The highest BCUT2D eigenvalue weighted by atomic mass is 32.1. The Morgan fingerprint density at radius 1 is 1.33 bits per heavy atom. The molecule has 18 heavy (non-hydrogen) atoms. The van der Waals surface area contributed by atoms with E-state index in [1.54, 1.807) is 11.3 Å². The lowest BCUT2D eigenvalue weighted by molar-refractivity contribution is 0.165. The topological polar surface area (TPSA) is 35.6 Å². The first-order valence-electron chi connectivity index (χ1n) is 6.62. The highest BCUT2D eigenvalue weighted by Gasteiger charge is 2.33. The second kappa shape index (κ2) is 5.28. The van der Waals surface area contributed by atoms with Crippen LogP contribution in [-0.2, 0) is 6.54 Å². The van der Waals surface area contributed by atoms with Crippen molar-refractivity contribution in [2.75, 3.05) is 26.2 Å². The van der Waals surface area contributed by atoms with Gasteiger partial charge in [-0.05, 0) is 48.3 Å². The first-order chi connectivity index (χ1) is 8.84. The quantitative estimate of drug-likeness (QED) is 0.903. The van der Waals surface area contributed by atoms with Gasteiger partial charge in [0.15, 0.2) is 0 Å². The average molecular weight is 265 g/mol. The predicted molar refractivity (Wildman–Crippen MR) is 72.7 cm³/mol. The summed E-state index contributed by atoms with van der Waals surface area (Å²) in [6.45, 7) is 4.62. The Morgan fingerprint density at radius 3 is 2.89 bits per heavy atom. The molecule has 2 aliphatic rings. The smallest absolute Gasteiger partial charge is 0.320 e. The molecule has 0 bridgehead atoms. The van der Waals surface area contributed by atoms with E-state index in [2.05, 4.69) is 27.0 Å². The number of carbonyl (C=O) groups excluding carboxylic acids is 1. The molecular weight excluding hydrogens is 246 g/mol. The van der Waals surface area contributed by atoms with Gasteiger partial charge in [-0.1, -0.05) is 0 Å². The minimum absolute atomic E-state index is 0.230. The number of hydrogen-bond acceptors (Lipinski definition) is 3. The summed E-state index contributed by atoms with van der Waals surface area (Å²) in [5, 5.41) is 7.55. The molecule has 2 amide bonds. The Morgan fingerprint density at radius 2 is 2.17 bits per heavy atom.